The molecule has 6 aromatic rings. The van der Waals surface area contributed by atoms with Gasteiger partial charge in [-0.15, -0.1) is 0 Å². The highest BCUT2D eigenvalue weighted by atomic mass is 16.5. The summed E-state index contributed by atoms with van der Waals surface area (Å²) in [5, 5.41) is 4.50. The number of ether oxygens (including phenoxy) is 2. The molecule has 4 nitrogen and oxygen atoms in total. The second-order valence-corrected chi connectivity index (χ2v) is 12.7. The van der Waals surface area contributed by atoms with Gasteiger partial charge in [-0.05, 0) is 118 Å². The van der Waals surface area contributed by atoms with Gasteiger partial charge in [-0.1, -0.05) is 100 Å². The minimum absolute atomic E-state index is 0.503. The number of hydrogen-bond acceptors (Lipinski definition) is 4. The first-order chi connectivity index (χ1) is 23.3. The van der Waals surface area contributed by atoms with E-state index in [1.807, 2.05) is 24.3 Å². The fourth-order valence-electron chi connectivity index (χ4n) is 5.92. The van der Waals surface area contributed by atoms with Crippen LogP contribution in [0.2, 0.25) is 0 Å². The second-order valence-electron chi connectivity index (χ2n) is 12.7. The van der Waals surface area contributed by atoms with Gasteiger partial charge in [-0.3, -0.25) is 0 Å². The predicted octanol–water partition coefficient (Wildman–Crippen LogP) is 12.2. The van der Waals surface area contributed by atoms with Crippen molar-refractivity contribution in [1.29, 1.82) is 0 Å². The summed E-state index contributed by atoms with van der Waals surface area (Å²) >= 11 is 0. The van der Waals surface area contributed by atoms with Crippen molar-refractivity contribution in [2.24, 2.45) is 0 Å². The summed E-state index contributed by atoms with van der Waals surface area (Å²) in [5.74, 6) is 2.62. The van der Waals surface area contributed by atoms with Gasteiger partial charge in [0.2, 0.25) is 0 Å². The molecule has 0 aliphatic heterocycles. The Morgan fingerprint density at radius 2 is 0.562 bits per heavy atom. The van der Waals surface area contributed by atoms with Crippen LogP contribution in [0.25, 0.3) is 22.3 Å². The Bertz CT molecular complexity index is 1750. The number of hydrazine groups is 1. The molecule has 48 heavy (non-hydrogen) atoms. The summed E-state index contributed by atoms with van der Waals surface area (Å²) in [6, 6.07) is 51.7. The van der Waals surface area contributed by atoms with Crippen LogP contribution in [0.4, 0.5) is 22.7 Å². The SMILES string of the molecule is COc1ccc(N(c2ccc(-c3ccc(C(C)C)cc3)cc2)N(c2ccc(OC)cc2)c2ccc(-c3ccc(C(C)C)cc3)cc2)cc1. The van der Waals surface area contributed by atoms with E-state index in [1.54, 1.807) is 14.2 Å². The lowest BCUT2D eigenvalue weighted by Crippen LogP contribution is -2.35. The zero-order chi connectivity index (χ0) is 33.6. The quantitative estimate of drug-likeness (QED) is 0.133. The maximum atomic E-state index is 5.53. The summed E-state index contributed by atoms with van der Waals surface area (Å²) < 4.78 is 11.1. The Labute approximate surface area is 285 Å². The number of methoxy groups -OCH3 is 2. The molecule has 0 atom stereocenters. The highest BCUT2D eigenvalue weighted by molar-refractivity contribution is 5.80. The maximum Gasteiger partial charge on any atom is 0.119 e. The van der Waals surface area contributed by atoms with Gasteiger partial charge in [0.25, 0.3) is 0 Å². The molecule has 0 bridgehead atoms. The maximum absolute atomic E-state index is 5.53. The van der Waals surface area contributed by atoms with Crippen LogP contribution < -0.4 is 19.5 Å². The van der Waals surface area contributed by atoms with Crippen molar-refractivity contribution in [3.8, 4) is 33.8 Å². The average Bonchev–Trinajstić information content (AvgIpc) is 3.14. The van der Waals surface area contributed by atoms with Gasteiger partial charge in [0.05, 0.1) is 37.0 Å². The van der Waals surface area contributed by atoms with Crippen LogP contribution in [0.1, 0.15) is 50.7 Å². The van der Waals surface area contributed by atoms with Crippen LogP contribution in [0.15, 0.2) is 146 Å². The first-order valence-electron chi connectivity index (χ1n) is 16.6. The molecule has 0 aromatic heterocycles. The average molecular weight is 633 g/mol. The molecule has 0 amide bonds. The van der Waals surface area contributed by atoms with E-state index in [1.165, 1.54) is 33.4 Å². The third-order valence-electron chi connectivity index (χ3n) is 8.88. The zero-order valence-corrected chi connectivity index (χ0v) is 28.7. The number of hydrogen-bond donors (Lipinski definition) is 0. The Hall–Kier alpha value is -5.48. The molecule has 0 aliphatic carbocycles. The lowest BCUT2D eigenvalue weighted by molar-refractivity contribution is 0.414. The molecular weight excluding hydrogens is 588 g/mol. The predicted molar refractivity (Wildman–Crippen MR) is 202 cm³/mol. The molecule has 6 rings (SSSR count). The van der Waals surface area contributed by atoms with Gasteiger partial charge in [-0.2, -0.15) is 0 Å². The fraction of sp³-hybridized carbons (Fsp3) is 0.182. The van der Waals surface area contributed by atoms with Crippen LogP contribution in [-0.2, 0) is 0 Å². The third kappa shape index (κ3) is 7.08. The van der Waals surface area contributed by atoms with E-state index in [2.05, 4.69) is 159 Å². The minimum Gasteiger partial charge on any atom is -0.497 e. The Morgan fingerprint density at radius 3 is 0.792 bits per heavy atom. The Kier molecular flexibility index (Phi) is 9.82. The fourth-order valence-corrected chi connectivity index (χ4v) is 5.92. The van der Waals surface area contributed by atoms with E-state index >= 15 is 0 Å². The molecule has 0 unspecified atom stereocenters. The molecule has 0 radical (unpaired) electrons. The number of rotatable bonds is 11. The number of benzene rings is 6. The smallest absolute Gasteiger partial charge is 0.119 e. The van der Waals surface area contributed by atoms with Crippen LogP contribution in [0.3, 0.4) is 0 Å². The van der Waals surface area contributed by atoms with Crippen LogP contribution in [0, 0.1) is 0 Å². The minimum atomic E-state index is 0.503. The second kappa shape index (κ2) is 14.5. The van der Waals surface area contributed by atoms with Crippen molar-refractivity contribution < 1.29 is 9.47 Å². The first-order valence-corrected chi connectivity index (χ1v) is 16.6. The lowest BCUT2D eigenvalue weighted by Gasteiger charge is -2.38. The largest absolute Gasteiger partial charge is 0.497 e. The molecule has 0 fully saturated rings. The van der Waals surface area contributed by atoms with Gasteiger partial charge in [0.15, 0.2) is 0 Å². The standard InChI is InChI=1S/C44H44N2O2/c1-31(2)33-7-11-35(12-8-33)37-15-19-39(20-16-37)45(41-23-27-43(47-5)28-24-41)46(42-25-29-44(48-6)30-26-42)40-21-17-38(18-22-40)36-13-9-34(10-14-36)32(3)4/h7-32H,1-6H3. The van der Waals surface area contributed by atoms with Crippen molar-refractivity contribution in [2.75, 3.05) is 24.2 Å². The van der Waals surface area contributed by atoms with E-state index in [0.29, 0.717) is 11.8 Å². The molecule has 0 aliphatic rings. The summed E-state index contributed by atoms with van der Waals surface area (Å²) in [4.78, 5) is 0. The Balaban J connectivity index is 1.44. The van der Waals surface area contributed by atoms with Crippen molar-refractivity contribution in [3.63, 3.8) is 0 Å². The van der Waals surface area contributed by atoms with E-state index in [4.69, 9.17) is 9.47 Å². The van der Waals surface area contributed by atoms with Crippen LogP contribution in [-0.4, -0.2) is 14.2 Å². The molecular formula is C44H44N2O2. The molecule has 6 aromatic carbocycles. The van der Waals surface area contributed by atoms with Gasteiger partial charge < -0.3 is 9.47 Å². The normalized spacial score (nSPS) is 11.1. The van der Waals surface area contributed by atoms with Crippen molar-refractivity contribution in [3.05, 3.63) is 157 Å². The topological polar surface area (TPSA) is 24.9 Å². The lowest BCUT2D eigenvalue weighted by atomic mass is 9.98. The van der Waals surface area contributed by atoms with E-state index in [-0.39, 0.29) is 0 Å². The molecule has 0 saturated heterocycles. The molecule has 0 saturated carbocycles. The molecule has 4 heteroatoms. The van der Waals surface area contributed by atoms with Gasteiger partial charge in [0.1, 0.15) is 11.5 Å². The van der Waals surface area contributed by atoms with E-state index < -0.39 is 0 Å². The van der Waals surface area contributed by atoms with Gasteiger partial charge in [-0.25, -0.2) is 10.0 Å². The number of nitrogens with zero attached hydrogens (tertiary/aromatic N) is 2. The van der Waals surface area contributed by atoms with Crippen LogP contribution >= 0.6 is 0 Å². The van der Waals surface area contributed by atoms with E-state index in [9.17, 15) is 0 Å². The monoisotopic (exact) mass is 632 g/mol. The van der Waals surface area contributed by atoms with Crippen molar-refractivity contribution in [1.82, 2.24) is 0 Å². The first kappa shape index (κ1) is 32.5. The summed E-state index contributed by atoms with van der Waals surface area (Å²) in [7, 11) is 3.39. The highest BCUT2D eigenvalue weighted by Gasteiger charge is 2.22. The van der Waals surface area contributed by atoms with Crippen LogP contribution in [0.5, 0.6) is 11.5 Å². The van der Waals surface area contributed by atoms with Gasteiger partial charge in [0, 0.05) is 0 Å². The molecule has 0 N–H and O–H groups in total. The number of anilines is 4. The molecule has 0 spiro atoms. The van der Waals surface area contributed by atoms with E-state index in [0.717, 1.165) is 34.2 Å². The Morgan fingerprint density at radius 1 is 0.333 bits per heavy atom. The summed E-state index contributed by atoms with van der Waals surface area (Å²) in [6.07, 6.45) is 0. The van der Waals surface area contributed by atoms with Gasteiger partial charge >= 0.3 is 0 Å². The van der Waals surface area contributed by atoms with Crippen molar-refractivity contribution >= 4 is 22.7 Å². The highest BCUT2D eigenvalue weighted by Crippen LogP contribution is 2.39. The summed E-state index contributed by atoms with van der Waals surface area (Å²) in [6.45, 7) is 8.90. The molecule has 242 valence electrons. The summed E-state index contributed by atoms with van der Waals surface area (Å²) in [5.41, 5.74) is 11.5. The zero-order valence-electron chi connectivity index (χ0n) is 28.7. The third-order valence-corrected chi connectivity index (χ3v) is 8.88. The van der Waals surface area contributed by atoms with Crippen molar-refractivity contribution in [2.45, 2.75) is 39.5 Å². The molecule has 0 heterocycles.